The molecule has 0 aliphatic heterocycles. The van der Waals surface area contributed by atoms with Crippen LogP contribution in [0.1, 0.15) is 305 Å². The first-order valence-corrected chi connectivity index (χ1v) is 34.9. The van der Waals surface area contributed by atoms with Crippen molar-refractivity contribution in [1.29, 1.82) is 0 Å². The molecule has 5 aromatic carbocycles. The number of benzene rings is 5. The molecule has 0 N–H and O–H groups in total. The Morgan fingerprint density at radius 2 is 0.615 bits per heavy atom. The van der Waals surface area contributed by atoms with Gasteiger partial charge in [0.05, 0.1) is 34.2 Å². The second kappa shape index (κ2) is 45.8. The fourth-order valence-corrected chi connectivity index (χ4v) is 11.4. The topological polar surface area (TPSA) is 174 Å². The molecule has 0 atom stereocenters. The first kappa shape index (κ1) is 74.3. The highest BCUT2D eigenvalue weighted by Gasteiger charge is 2.22. The Bertz CT molecular complexity index is 2780. The van der Waals surface area contributed by atoms with Gasteiger partial charge in [-0.3, -0.25) is 25.0 Å². The smallest absolute Gasteiger partial charge is 0.343 e. The summed E-state index contributed by atoms with van der Waals surface area (Å²) in [6.45, 7) is 6.65. The van der Waals surface area contributed by atoms with E-state index in [2.05, 4.69) is 13.8 Å². The minimum Gasteiger partial charge on any atom is -0.487 e. The zero-order valence-electron chi connectivity index (χ0n) is 55.4. The molecule has 0 saturated carbocycles. The summed E-state index contributed by atoms with van der Waals surface area (Å²) in [6, 6.07) is 27.2. The van der Waals surface area contributed by atoms with E-state index in [1.54, 1.807) is 97.1 Å². The first-order valence-electron chi connectivity index (χ1n) is 34.9. The molecule has 0 aliphatic rings. The molecule has 13 heteroatoms. The van der Waals surface area contributed by atoms with Gasteiger partial charge in [0.15, 0.2) is 17.3 Å². The third-order valence-electron chi connectivity index (χ3n) is 16.8. The minimum atomic E-state index is -0.744. The van der Waals surface area contributed by atoms with Crippen LogP contribution < -0.4 is 18.9 Å². The summed E-state index contributed by atoms with van der Waals surface area (Å²) >= 11 is 0. The molecule has 0 spiro atoms. The summed E-state index contributed by atoms with van der Waals surface area (Å²) in [5.74, 6) is -1.67. The van der Waals surface area contributed by atoms with Crippen molar-refractivity contribution in [1.82, 2.24) is 0 Å². The zero-order valence-corrected chi connectivity index (χ0v) is 55.4. The van der Waals surface area contributed by atoms with E-state index < -0.39 is 27.6 Å². The molecule has 0 aromatic heterocycles. The lowest BCUT2D eigenvalue weighted by Crippen LogP contribution is -2.14. The number of unbranched alkanes of at least 4 members (excludes halogenated alkanes) is 34. The molecule has 5 rings (SSSR count). The molecular weight excluding hydrogens is 1140 g/mol. The van der Waals surface area contributed by atoms with Crippen LogP contribution in [0, 0.1) is 20.2 Å². The number of esters is 2. The molecule has 5 aromatic rings. The fourth-order valence-electron chi connectivity index (χ4n) is 11.4. The molecule has 0 amide bonds. The van der Waals surface area contributed by atoms with E-state index in [1.165, 1.54) is 230 Å². The Labute approximate surface area is 544 Å². The van der Waals surface area contributed by atoms with Gasteiger partial charge in [-0.25, -0.2) is 9.59 Å². The number of rotatable bonds is 51. The number of ketones is 1. The fraction of sp³-hybridized carbons (Fsp3) is 0.526. The van der Waals surface area contributed by atoms with E-state index in [4.69, 9.17) is 18.9 Å². The molecule has 13 nitrogen and oxygen atoms in total. The largest absolute Gasteiger partial charge is 0.487 e. The van der Waals surface area contributed by atoms with Crippen LogP contribution in [0.2, 0.25) is 0 Å². The molecule has 0 saturated heterocycles. The highest BCUT2D eigenvalue weighted by molar-refractivity contribution is 6.03. The predicted octanol–water partition coefficient (Wildman–Crippen LogP) is 23.3. The standard InChI is InChI=1S/C78H106N2O11/c1-4-6-8-10-12-14-16-18-20-22-24-26-28-30-32-34-36-38-59-88-72-57-51-66(61-70(72)79(84)85)45-43-64-47-53-68(54-48-64)77(82)90-74-41-40-42-75(76(74)63(3)81)91-78(83)69-55-49-65(50-56-69)44-46-67-52-58-73(71(62-67)80(86)87)89-60-39-37-35-33-31-29-27-25-23-21-19-17-15-13-11-9-7-5-2/h40-58,61-62H,4-39,59-60H2,1-3H3/b45-43+,46-44+. The highest BCUT2D eigenvalue weighted by Crippen LogP contribution is 2.33. The maximum atomic E-state index is 13.4. The molecule has 0 aliphatic carbocycles. The summed E-state index contributed by atoms with van der Waals surface area (Å²) in [5.41, 5.74) is 2.75. The maximum Gasteiger partial charge on any atom is 0.343 e. The van der Waals surface area contributed by atoms with Crippen LogP contribution in [0.5, 0.6) is 23.0 Å². The van der Waals surface area contributed by atoms with Crippen LogP contribution in [0.3, 0.4) is 0 Å². The number of hydrogen-bond donors (Lipinski definition) is 0. The molecule has 0 heterocycles. The Balaban J connectivity index is 0.992. The monoisotopic (exact) mass is 1250 g/mol. The van der Waals surface area contributed by atoms with Gasteiger partial charge in [-0.1, -0.05) is 299 Å². The first-order chi connectivity index (χ1) is 44.5. The molecule has 0 unspecified atom stereocenters. The lowest BCUT2D eigenvalue weighted by atomic mass is 10.0. The Kier molecular flexibility index (Phi) is 37.4. The minimum absolute atomic E-state index is 0.0859. The predicted molar refractivity (Wildman–Crippen MR) is 372 cm³/mol. The Morgan fingerprint density at radius 3 is 0.890 bits per heavy atom. The van der Waals surface area contributed by atoms with Crippen LogP contribution in [-0.4, -0.2) is 40.8 Å². The van der Waals surface area contributed by atoms with E-state index in [9.17, 15) is 34.6 Å². The third kappa shape index (κ3) is 30.5. The van der Waals surface area contributed by atoms with Crippen molar-refractivity contribution in [3.8, 4) is 23.0 Å². The van der Waals surface area contributed by atoms with Crippen molar-refractivity contribution in [2.24, 2.45) is 0 Å². The van der Waals surface area contributed by atoms with E-state index >= 15 is 0 Å². The van der Waals surface area contributed by atoms with Crippen LogP contribution in [0.4, 0.5) is 11.4 Å². The highest BCUT2D eigenvalue weighted by atomic mass is 16.6. The zero-order chi connectivity index (χ0) is 64.9. The van der Waals surface area contributed by atoms with Gasteiger partial charge in [0.2, 0.25) is 0 Å². The summed E-state index contributed by atoms with van der Waals surface area (Å²) in [5, 5.41) is 24.1. The van der Waals surface area contributed by atoms with Crippen molar-refractivity contribution in [3.63, 3.8) is 0 Å². The number of Topliss-reactive ketones (excluding diaryl/α,β-unsaturated/α-hetero) is 1. The number of carbonyl (C=O) groups is 3. The van der Waals surface area contributed by atoms with Gasteiger partial charge in [-0.15, -0.1) is 0 Å². The van der Waals surface area contributed by atoms with Gasteiger partial charge < -0.3 is 18.9 Å². The van der Waals surface area contributed by atoms with E-state index in [0.29, 0.717) is 24.3 Å². The molecule has 0 radical (unpaired) electrons. The number of nitrogens with zero attached hydrogens (tertiary/aromatic N) is 2. The molecule has 91 heavy (non-hydrogen) atoms. The van der Waals surface area contributed by atoms with Gasteiger partial charge >= 0.3 is 23.3 Å². The number of hydrogen-bond acceptors (Lipinski definition) is 11. The van der Waals surface area contributed by atoms with E-state index in [1.807, 2.05) is 0 Å². The molecule has 0 fully saturated rings. The van der Waals surface area contributed by atoms with Crippen LogP contribution in [0.25, 0.3) is 24.3 Å². The van der Waals surface area contributed by atoms with Crippen molar-refractivity contribution in [3.05, 3.63) is 162 Å². The molecule has 0 bridgehead atoms. The van der Waals surface area contributed by atoms with Crippen LogP contribution in [-0.2, 0) is 0 Å². The average molecular weight is 1250 g/mol. The van der Waals surface area contributed by atoms with Crippen molar-refractivity contribution < 1.29 is 43.2 Å². The average Bonchev–Trinajstić information content (AvgIpc) is 2.97. The number of nitro groups is 2. The number of nitro benzene ring substituents is 2. The van der Waals surface area contributed by atoms with Crippen LogP contribution in [0.15, 0.2) is 103 Å². The third-order valence-corrected chi connectivity index (χ3v) is 16.8. The van der Waals surface area contributed by atoms with Gasteiger partial charge in [-0.2, -0.15) is 0 Å². The Morgan fingerprint density at radius 1 is 0.352 bits per heavy atom. The van der Waals surface area contributed by atoms with Gasteiger partial charge in [0.1, 0.15) is 17.1 Å². The number of carbonyl (C=O) groups excluding carboxylic acids is 3. The van der Waals surface area contributed by atoms with Crippen molar-refractivity contribution in [2.45, 2.75) is 252 Å². The van der Waals surface area contributed by atoms with Gasteiger partial charge in [0, 0.05) is 12.1 Å². The van der Waals surface area contributed by atoms with Crippen molar-refractivity contribution in [2.75, 3.05) is 13.2 Å². The van der Waals surface area contributed by atoms with Crippen molar-refractivity contribution >= 4 is 53.4 Å². The summed E-state index contributed by atoms with van der Waals surface area (Å²) < 4.78 is 23.2. The number of ether oxygens (including phenoxy) is 4. The lowest BCUT2D eigenvalue weighted by molar-refractivity contribution is -0.386. The van der Waals surface area contributed by atoms with Crippen LogP contribution >= 0.6 is 0 Å². The van der Waals surface area contributed by atoms with Gasteiger partial charge in [-0.05, 0) is 90.6 Å². The van der Waals surface area contributed by atoms with E-state index in [0.717, 1.165) is 49.7 Å². The summed E-state index contributed by atoms with van der Waals surface area (Å²) in [7, 11) is 0. The maximum absolute atomic E-state index is 13.4. The summed E-state index contributed by atoms with van der Waals surface area (Å²) in [4.78, 5) is 63.0. The molecular formula is C78H106N2O11. The normalized spacial score (nSPS) is 11.4. The van der Waals surface area contributed by atoms with Gasteiger partial charge in [0.25, 0.3) is 0 Å². The lowest BCUT2D eigenvalue weighted by Gasteiger charge is -2.13. The Hall–Kier alpha value is -7.41. The summed E-state index contributed by atoms with van der Waals surface area (Å²) in [6.07, 6.45) is 53.5. The second-order valence-electron chi connectivity index (χ2n) is 24.6. The SMILES string of the molecule is CCCCCCCCCCCCCCCCCCCCOc1ccc(/C=C/c2ccc(C(=O)Oc3cccc(OC(=O)c4ccc(/C=C/c5ccc(OCCCCCCCCCCCCCCCCCCCC)c([N+](=O)[O-])c5)cc4)c3C(C)=O)cc2)cc1[N+](=O)[O-]. The quantitative estimate of drug-likeness (QED) is 0.00689. The molecule has 494 valence electrons. The second-order valence-corrected chi connectivity index (χ2v) is 24.6. The van der Waals surface area contributed by atoms with E-state index in [-0.39, 0.29) is 51.1 Å².